The van der Waals surface area contributed by atoms with Gasteiger partial charge in [-0.3, -0.25) is 13.8 Å². The first kappa shape index (κ1) is 58.7. The van der Waals surface area contributed by atoms with Crippen LogP contribution in [0.5, 0.6) is 0 Å². The third-order valence-corrected chi connectivity index (χ3v) is 11.9. The molecular weight excluding hydrogens is 770 g/mol. The van der Waals surface area contributed by atoms with E-state index in [4.69, 9.17) is 18.5 Å². The Morgan fingerprint density at radius 3 is 1.40 bits per heavy atom. The molecule has 0 aliphatic heterocycles. The monoisotopic (exact) mass is 869 g/mol. The lowest BCUT2D eigenvalue weighted by Crippen LogP contribution is -2.37. The number of hydrogen-bond acceptors (Lipinski definition) is 6. The summed E-state index contributed by atoms with van der Waals surface area (Å²) in [7, 11) is 1.67. The fourth-order valence-electron chi connectivity index (χ4n) is 6.99. The molecule has 0 heterocycles. The van der Waals surface area contributed by atoms with Gasteiger partial charge in [-0.15, -0.1) is 0 Å². The van der Waals surface area contributed by atoms with E-state index < -0.39 is 13.9 Å². The maximum absolute atomic E-state index is 12.7. The first-order valence-electron chi connectivity index (χ1n) is 25.2. The Kier molecular flexibility index (Phi) is 43.4. The lowest BCUT2D eigenvalue weighted by Gasteiger charge is -2.24. The van der Waals surface area contributed by atoms with Crippen LogP contribution < -0.4 is 0 Å². The van der Waals surface area contributed by atoms with Gasteiger partial charge in [0.2, 0.25) is 0 Å². The summed E-state index contributed by atoms with van der Waals surface area (Å²) in [6, 6.07) is 0. The number of likely N-dealkylation sites (N-methyl/N-ethyl adjacent to an activating group) is 1. The van der Waals surface area contributed by atoms with E-state index in [1.165, 1.54) is 167 Å². The molecule has 0 radical (unpaired) electrons. The van der Waals surface area contributed by atoms with Crippen LogP contribution in [0.15, 0.2) is 36.5 Å². The molecule has 9 heteroatoms. The Morgan fingerprint density at radius 2 is 0.917 bits per heavy atom. The van der Waals surface area contributed by atoms with Crippen molar-refractivity contribution < 1.29 is 37.3 Å². The van der Waals surface area contributed by atoms with Crippen molar-refractivity contribution in [2.45, 2.75) is 232 Å². The van der Waals surface area contributed by atoms with Crippen molar-refractivity contribution in [2.24, 2.45) is 0 Å². The molecule has 0 amide bonds. The van der Waals surface area contributed by atoms with Gasteiger partial charge in [0, 0.05) is 13.0 Å². The van der Waals surface area contributed by atoms with Crippen LogP contribution in [-0.2, 0) is 27.9 Å². The maximum atomic E-state index is 12.7. The number of allylic oxidation sites excluding steroid dienone is 6. The summed E-state index contributed by atoms with van der Waals surface area (Å²) in [5.74, 6) is -0.317. The highest BCUT2D eigenvalue weighted by molar-refractivity contribution is 7.47. The summed E-state index contributed by atoms with van der Waals surface area (Å²) >= 11 is 0. The number of esters is 1. The number of rotatable bonds is 47. The minimum Gasteiger partial charge on any atom is -0.457 e. The average Bonchev–Trinajstić information content (AvgIpc) is 3.20. The van der Waals surface area contributed by atoms with Gasteiger partial charge >= 0.3 is 13.8 Å². The molecule has 0 rings (SSSR count). The van der Waals surface area contributed by atoms with Crippen LogP contribution in [0.1, 0.15) is 226 Å². The number of quaternary nitrogens is 1. The fourth-order valence-corrected chi connectivity index (χ4v) is 7.73. The average molecular weight is 869 g/mol. The van der Waals surface area contributed by atoms with Crippen LogP contribution in [0.25, 0.3) is 0 Å². The molecular formula is C51H99NO7P+. The van der Waals surface area contributed by atoms with Crippen LogP contribution in [-0.4, -0.2) is 75.6 Å². The van der Waals surface area contributed by atoms with E-state index in [2.05, 4.69) is 50.3 Å². The van der Waals surface area contributed by atoms with E-state index in [1.807, 2.05) is 21.1 Å². The molecule has 0 aromatic carbocycles. The minimum absolute atomic E-state index is 0.0874. The number of carbonyl (C=O) groups is 1. The van der Waals surface area contributed by atoms with E-state index in [0.29, 0.717) is 24.1 Å². The fraction of sp³-hybridized carbons (Fsp3) is 0.863. The lowest BCUT2D eigenvalue weighted by atomic mass is 10.1. The number of ether oxygens (including phenoxy) is 2. The summed E-state index contributed by atoms with van der Waals surface area (Å²) in [6.45, 7) is 5.61. The van der Waals surface area contributed by atoms with Gasteiger partial charge in [0.25, 0.3) is 0 Å². The lowest BCUT2D eigenvalue weighted by molar-refractivity contribution is -0.870. The number of carbonyl (C=O) groups excluding carboxylic acids is 1. The van der Waals surface area contributed by atoms with Crippen LogP contribution in [0.4, 0.5) is 0 Å². The van der Waals surface area contributed by atoms with Crippen molar-refractivity contribution in [3.05, 3.63) is 36.5 Å². The van der Waals surface area contributed by atoms with Gasteiger partial charge < -0.3 is 18.9 Å². The predicted octanol–water partition coefficient (Wildman–Crippen LogP) is 15.3. The highest BCUT2D eigenvalue weighted by Crippen LogP contribution is 2.43. The zero-order valence-corrected chi connectivity index (χ0v) is 41.1. The second kappa shape index (κ2) is 44.3. The molecule has 8 nitrogen and oxygen atoms in total. The van der Waals surface area contributed by atoms with Crippen molar-refractivity contribution in [2.75, 3.05) is 54.1 Å². The summed E-state index contributed by atoms with van der Waals surface area (Å²) in [5, 5.41) is 0. The van der Waals surface area contributed by atoms with E-state index in [0.717, 1.165) is 38.5 Å². The number of phosphoric acid groups is 1. The largest absolute Gasteiger partial charge is 0.472 e. The molecule has 0 spiro atoms. The maximum Gasteiger partial charge on any atom is 0.472 e. The molecule has 0 aliphatic rings. The summed E-state index contributed by atoms with van der Waals surface area (Å²) < 4.78 is 35.1. The molecule has 0 aromatic rings. The van der Waals surface area contributed by atoms with Crippen molar-refractivity contribution in [1.82, 2.24) is 0 Å². The zero-order valence-electron chi connectivity index (χ0n) is 40.2. The standard InChI is InChI=1S/C51H98NO7P/c1-6-8-10-12-14-16-18-20-22-24-26-28-30-32-34-36-38-40-42-44-51(53)59-50(49-58-60(54,55)57-47-45-52(3,4)5)48-56-46-43-41-39-37-35-33-31-29-27-25-23-21-19-17-15-13-11-9-7-2/h14,16,20,22-23,25,50H,6-13,15,17-19,21,24,26-49H2,1-5H3/p+1/b16-14-,22-20-,25-23-. The van der Waals surface area contributed by atoms with Crippen LogP contribution in [0.3, 0.4) is 0 Å². The number of phosphoric ester groups is 1. The van der Waals surface area contributed by atoms with E-state index >= 15 is 0 Å². The Morgan fingerprint density at radius 1 is 0.517 bits per heavy atom. The Labute approximate surface area is 372 Å². The Hall–Kier alpha value is -1.28. The van der Waals surface area contributed by atoms with Crippen molar-refractivity contribution in [1.29, 1.82) is 0 Å². The normalized spacial score (nSPS) is 13.9. The third-order valence-electron chi connectivity index (χ3n) is 10.9. The van der Waals surface area contributed by atoms with E-state index in [-0.39, 0.29) is 25.8 Å². The SMILES string of the molecule is CCCCC/C=C\C/C=C\CCCCCCCCCCCC(=O)OC(COCCCCCCCCCC/C=C\CCCCCCCCC)COP(=O)(O)OCC[N+](C)(C)C. The molecule has 2 atom stereocenters. The zero-order chi connectivity index (χ0) is 44.1. The van der Waals surface area contributed by atoms with Gasteiger partial charge in [0.05, 0.1) is 34.4 Å². The van der Waals surface area contributed by atoms with E-state index in [9.17, 15) is 14.3 Å². The molecule has 0 aliphatic carbocycles. The first-order chi connectivity index (χ1) is 29.1. The first-order valence-corrected chi connectivity index (χ1v) is 26.7. The Bertz CT molecular complexity index is 1060. The molecule has 354 valence electrons. The topological polar surface area (TPSA) is 91.3 Å². The van der Waals surface area contributed by atoms with E-state index in [1.54, 1.807) is 0 Å². The quantitative estimate of drug-likeness (QED) is 0.0214. The van der Waals surface area contributed by atoms with Gasteiger partial charge in [-0.25, -0.2) is 4.57 Å². The second-order valence-corrected chi connectivity index (χ2v) is 19.6. The van der Waals surface area contributed by atoms with Crippen LogP contribution in [0.2, 0.25) is 0 Å². The molecule has 0 saturated carbocycles. The number of hydrogen-bond donors (Lipinski definition) is 1. The highest BCUT2D eigenvalue weighted by Gasteiger charge is 2.26. The van der Waals surface area contributed by atoms with Gasteiger partial charge in [0.15, 0.2) is 0 Å². The smallest absolute Gasteiger partial charge is 0.457 e. The molecule has 0 bridgehead atoms. The van der Waals surface area contributed by atoms with Crippen LogP contribution in [0, 0.1) is 0 Å². The summed E-state index contributed by atoms with van der Waals surface area (Å²) in [6.07, 6.45) is 53.2. The number of nitrogens with zero attached hydrogens (tertiary/aromatic N) is 1. The van der Waals surface area contributed by atoms with Crippen molar-refractivity contribution in [3.63, 3.8) is 0 Å². The van der Waals surface area contributed by atoms with Gasteiger partial charge in [-0.1, -0.05) is 185 Å². The van der Waals surface area contributed by atoms with Crippen molar-refractivity contribution in [3.8, 4) is 0 Å². The van der Waals surface area contributed by atoms with Gasteiger partial charge in [0.1, 0.15) is 19.3 Å². The molecule has 0 aromatic heterocycles. The molecule has 60 heavy (non-hydrogen) atoms. The van der Waals surface area contributed by atoms with Crippen molar-refractivity contribution >= 4 is 13.8 Å². The van der Waals surface area contributed by atoms with Gasteiger partial charge in [-0.05, 0) is 70.6 Å². The predicted molar refractivity (Wildman–Crippen MR) is 256 cm³/mol. The molecule has 1 N–H and O–H groups in total. The van der Waals surface area contributed by atoms with Crippen LogP contribution >= 0.6 is 7.82 Å². The Balaban J connectivity index is 4.16. The third kappa shape index (κ3) is 47.8. The molecule has 0 fully saturated rings. The second-order valence-electron chi connectivity index (χ2n) is 18.2. The number of unbranched alkanes of at least 4 members (excludes halogenated alkanes) is 27. The highest BCUT2D eigenvalue weighted by atomic mass is 31.2. The molecule has 0 saturated heterocycles. The molecule has 2 unspecified atom stereocenters. The summed E-state index contributed by atoms with van der Waals surface area (Å²) in [5.41, 5.74) is 0. The minimum atomic E-state index is -4.28. The van der Waals surface area contributed by atoms with Gasteiger partial charge in [-0.2, -0.15) is 0 Å². The summed E-state index contributed by atoms with van der Waals surface area (Å²) in [4.78, 5) is 23.0.